The Morgan fingerprint density at radius 2 is 2.40 bits per heavy atom. The number of rotatable bonds is 4. The van der Waals surface area contributed by atoms with E-state index in [4.69, 9.17) is 0 Å². The van der Waals surface area contributed by atoms with Crippen LogP contribution in [0, 0.1) is 0 Å². The number of aromatic nitrogens is 1. The van der Waals surface area contributed by atoms with Gasteiger partial charge in [-0.25, -0.2) is 0 Å². The van der Waals surface area contributed by atoms with E-state index in [-0.39, 0.29) is 5.91 Å². The molecular weight excluding hydrogens is 270 g/mol. The number of nitrogens with one attached hydrogen (secondary N) is 1. The Labute approximate surface area is 123 Å². The van der Waals surface area contributed by atoms with Gasteiger partial charge in [-0.3, -0.25) is 9.69 Å². The summed E-state index contributed by atoms with van der Waals surface area (Å²) < 4.78 is 3.15. The SMILES string of the molecule is CCN1CCCC1CNC(=O)c1cc2sccc2n1C. The van der Waals surface area contributed by atoms with Crippen molar-refractivity contribution in [1.29, 1.82) is 0 Å². The first-order chi connectivity index (χ1) is 9.70. The highest BCUT2D eigenvalue weighted by atomic mass is 32.1. The summed E-state index contributed by atoms with van der Waals surface area (Å²) in [6, 6.07) is 4.55. The first-order valence-corrected chi connectivity index (χ1v) is 8.14. The molecular formula is C15H21N3OS. The summed E-state index contributed by atoms with van der Waals surface area (Å²) in [7, 11) is 1.96. The van der Waals surface area contributed by atoms with Crippen LogP contribution in [0.2, 0.25) is 0 Å². The summed E-state index contributed by atoms with van der Waals surface area (Å²) in [5.74, 6) is 0.0406. The molecule has 1 aliphatic rings. The molecule has 0 saturated carbocycles. The molecule has 5 heteroatoms. The zero-order chi connectivity index (χ0) is 14.1. The lowest BCUT2D eigenvalue weighted by Gasteiger charge is -2.22. The predicted octanol–water partition coefficient (Wildman–Crippen LogP) is 2.45. The second kappa shape index (κ2) is 5.58. The quantitative estimate of drug-likeness (QED) is 0.939. The van der Waals surface area contributed by atoms with E-state index in [9.17, 15) is 4.79 Å². The van der Waals surface area contributed by atoms with Crippen LogP contribution in [0.1, 0.15) is 30.3 Å². The number of hydrogen-bond acceptors (Lipinski definition) is 3. The number of likely N-dealkylation sites (N-methyl/N-ethyl adjacent to an activating group) is 1. The fourth-order valence-corrected chi connectivity index (χ4v) is 3.96. The van der Waals surface area contributed by atoms with E-state index >= 15 is 0 Å². The van der Waals surface area contributed by atoms with E-state index in [1.165, 1.54) is 17.5 Å². The molecule has 0 radical (unpaired) electrons. The van der Waals surface area contributed by atoms with Crippen molar-refractivity contribution >= 4 is 27.5 Å². The van der Waals surface area contributed by atoms with E-state index in [1.807, 2.05) is 17.7 Å². The van der Waals surface area contributed by atoms with Gasteiger partial charge in [0, 0.05) is 19.6 Å². The van der Waals surface area contributed by atoms with Gasteiger partial charge >= 0.3 is 0 Å². The van der Waals surface area contributed by atoms with E-state index in [1.54, 1.807) is 11.3 Å². The lowest BCUT2D eigenvalue weighted by molar-refractivity contribution is 0.0933. The molecule has 2 aromatic rings. The molecule has 0 bridgehead atoms. The highest BCUT2D eigenvalue weighted by molar-refractivity contribution is 7.17. The number of aryl methyl sites for hydroxylation is 1. The van der Waals surface area contributed by atoms with Crippen LogP contribution in [-0.4, -0.2) is 41.1 Å². The molecule has 1 N–H and O–H groups in total. The molecule has 1 atom stereocenters. The molecule has 0 aliphatic carbocycles. The van der Waals surface area contributed by atoms with Crippen molar-refractivity contribution in [2.45, 2.75) is 25.8 Å². The number of carbonyl (C=O) groups is 1. The Kier molecular flexibility index (Phi) is 3.81. The van der Waals surface area contributed by atoms with Crippen LogP contribution in [0.25, 0.3) is 10.2 Å². The Hall–Kier alpha value is -1.33. The number of amides is 1. The van der Waals surface area contributed by atoms with Crippen molar-refractivity contribution in [2.24, 2.45) is 7.05 Å². The summed E-state index contributed by atoms with van der Waals surface area (Å²) in [4.78, 5) is 14.8. The third-order valence-electron chi connectivity index (χ3n) is 4.30. The molecule has 1 saturated heterocycles. The zero-order valence-electron chi connectivity index (χ0n) is 12.1. The fourth-order valence-electron chi connectivity index (χ4n) is 3.11. The minimum absolute atomic E-state index is 0.0406. The predicted molar refractivity (Wildman–Crippen MR) is 83.4 cm³/mol. The van der Waals surface area contributed by atoms with E-state index in [0.717, 1.165) is 30.8 Å². The van der Waals surface area contributed by atoms with Crippen molar-refractivity contribution in [2.75, 3.05) is 19.6 Å². The summed E-state index contributed by atoms with van der Waals surface area (Å²) in [6.45, 7) is 5.17. The van der Waals surface area contributed by atoms with Crippen LogP contribution in [0.15, 0.2) is 17.5 Å². The zero-order valence-corrected chi connectivity index (χ0v) is 12.9. The van der Waals surface area contributed by atoms with Crippen molar-refractivity contribution < 1.29 is 4.79 Å². The second-order valence-electron chi connectivity index (χ2n) is 5.39. The lowest BCUT2D eigenvalue weighted by atomic mass is 10.2. The van der Waals surface area contributed by atoms with Crippen molar-refractivity contribution in [3.63, 3.8) is 0 Å². The largest absolute Gasteiger partial charge is 0.349 e. The van der Waals surface area contributed by atoms with Crippen molar-refractivity contribution in [3.8, 4) is 0 Å². The van der Waals surface area contributed by atoms with E-state index in [0.29, 0.717) is 6.04 Å². The first kappa shape index (κ1) is 13.6. The minimum atomic E-state index is 0.0406. The van der Waals surface area contributed by atoms with Crippen LogP contribution in [0.3, 0.4) is 0 Å². The maximum Gasteiger partial charge on any atom is 0.268 e. The maximum atomic E-state index is 12.3. The second-order valence-corrected chi connectivity index (χ2v) is 6.34. The van der Waals surface area contributed by atoms with Gasteiger partial charge in [0.25, 0.3) is 5.91 Å². The maximum absolute atomic E-state index is 12.3. The minimum Gasteiger partial charge on any atom is -0.349 e. The molecule has 1 fully saturated rings. The number of thiophene rings is 1. The Morgan fingerprint density at radius 3 is 3.15 bits per heavy atom. The van der Waals surface area contributed by atoms with Gasteiger partial charge in [0.15, 0.2) is 0 Å². The molecule has 1 aliphatic heterocycles. The number of carbonyl (C=O) groups excluding carboxylic acids is 1. The monoisotopic (exact) mass is 291 g/mol. The van der Waals surface area contributed by atoms with Crippen LogP contribution < -0.4 is 5.32 Å². The molecule has 1 unspecified atom stereocenters. The number of nitrogens with zero attached hydrogens (tertiary/aromatic N) is 2. The highest BCUT2D eigenvalue weighted by Gasteiger charge is 2.24. The molecule has 3 rings (SSSR count). The van der Waals surface area contributed by atoms with Crippen LogP contribution in [0.5, 0.6) is 0 Å². The van der Waals surface area contributed by atoms with Gasteiger partial charge < -0.3 is 9.88 Å². The summed E-state index contributed by atoms with van der Waals surface area (Å²) in [5, 5.41) is 5.16. The van der Waals surface area contributed by atoms with Crippen LogP contribution >= 0.6 is 11.3 Å². The lowest BCUT2D eigenvalue weighted by Crippen LogP contribution is -2.40. The van der Waals surface area contributed by atoms with Crippen LogP contribution in [-0.2, 0) is 7.05 Å². The highest BCUT2D eigenvalue weighted by Crippen LogP contribution is 2.24. The summed E-state index contributed by atoms with van der Waals surface area (Å²) >= 11 is 1.68. The molecule has 0 spiro atoms. The normalized spacial score (nSPS) is 19.8. The summed E-state index contributed by atoms with van der Waals surface area (Å²) in [6.07, 6.45) is 2.44. The van der Waals surface area contributed by atoms with Gasteiger partial charge in [-0.2, -0.15) is 0 Å². The van der Waals surface area contributed by atoms with E-state index < -0.39 is 0 Å². The van der Waals surface area contributed by atoms with Gasteiger partial charge in [-0.05, 0) is 43.4 Å². The first-order valence-electron chi connectivity index (χ1n) is 7.26. The molecule has 3 heterocycles. The molecule has 108 valence electrons. The van der Waals surface area contributed by atoms with Crippen molar-refractivity contribution in [3.05, 3.63) is 23.2 Å². The third-order valence-corrected chi connectivity index (χ3v) is 5.15. The van der Waals surface area contributed by atoms with Gasteiger partial charge in [0.05, 0.1) is 10.2 Å². The molecule has 0 aromatic carbocycles. The number of fused-ring (bicyclic) bond motifs is 1. The van der Waals surface area contributed by atoms with E-state index in [2.05, 4.69) is 28.6 Å². The third kappa shape index (κ3) is 2.36. The standard InChI is InChI=1S/C15H21N3OS/c1-3-18-7-4-5-11(18)10-16-15(19)13-9-14-12(17(13)2)6-8-20-14/h6,8-9,11H,3-5,7,10H2,1-2H3,(H,16,19). The average Bonchev–Trinajstić information content (AvgIpc) is 3.13. The Bertz CT molecular complexity index is 616. The molecule has 2 aromatic heterocycles. The van der Waals surface area contributed by atoms with Gasteiger partial charge in [0.1, 0.15) is 5.69 Å². The molecule has 1 amide bonds. The number of hydrogen-bond donors (Lipinski definition) is 1. The van der Waals surface area contributed by atoms with Gasteiger partial charge in [-0.1, -0.05) is 6.92 Å². The molecule has 20 heavy (non-hydrogen) atoms. The Balaban J connectivity index is 1.67. The average molecular weight is 291 g/mol. The van der Waals surface area contributed by atoms with Gasteiger partial charge in [-0.15, -0.1) is 11.3 Å². The number of likely N-dealkylation sites (tertiary alicyclic amines) is 1. The van der Waals surface area contributed by atoms with Crippen LogP contribution in [0.4, 0.5) is 0 Å². The fraction of sp³-hybridized carbons (Fsp3) is 0.533. The Morgan fingerprint density at radius 1 is 1.55 bits per heavy atom. The van der Waals surface area contributed by atoms with Gasteiger partial charge in [0.2, 0.25) is 0 Å². The topological polar surface area (TPSA) is 37.3 Å². The van der Waals surface area contributed by atoms with Crippen molar-refractivity contribution in [1.82, 2.24) is 14.8 Å². The summed E-state index contributed by atoms with van der Waals surface area (Å²) in [5.41, 5.74) is 1.89. The smallest absolute Gasteiger partial charge is 0.268 e. The molecule has 4 nitrogen and oxygen atoms in total.